The van der Waals surface area contributed by atoms with Crippen molar-refractivity contribution in [1.82, 2.24) is 35.8 Å². The molecule has 2 aromatic heterocycles. The van der Waals surface area contributed by atoms with Crippen molar-refractivity contribution in [2.24, 2.45) is 5.92 Å². The van der Waals surface area contributed by atoms with Crippen LogP contribution in [0, 0.1) is 18.7 Å². The number of ether oxygens (including phenoxy) is 1. The second-order valence-corrected chi connectivity index (χ2v) is 9.88. The number of aryl methyl sites for hydroxylation is 1. The van der Waals surface area contributed by atoms with E-state index in [0.717, 1.165) is 25.7 Å². The minimum atomic E-state index is -0.462. The van der Waals surface area contributed by atoms with Crippen LogP contribution in [0.4, 0.5) is 4.39 Å². The van der Waals surface area contributed by atoms with E-state index >= 15 is 0 Å². The van der Waals surface area contributed by atoms with E-state index in [-0.39, 0.29) is 35.8 Å². The van der Waals surface area contributed by atoms with E-state index in [9.17, 15) is 14.0 Å². The third-order valence-corrected chi connectivity index (χ3v) is 7.01. The Morgan fingerprint density at radius 3 is 2.70 bits per heavy atom. The highest BCUT2D eigenvalue weighted by atomic mass is 127. The molecule has 0 radical (unpaired) electrons. The van der Waals surface area contributed by atoms with E-state index in [4.69, 9.17) is 4.74 Å². The standard InChI is InChI=1S/C25H29FIN7O3/c1-15-9-18(11-21(29-15)25(36)28-13-17-5-8-20(26)22(10-17)37-2)24-31-33-34(32-24)14-16-3-6-19(7-4-16)30-23(35)12-27/h5,8-11,16,19H,3-4,6-7,12-14H2,1-2H3,(H,28,36)(H,30,35). The van der Waals surface area contributed by atoms with E-state index in [0.29, 0.717) is 39.5 Å². The number of nitrogens with one attached hydrogen (secondary N) is 2. The van der Waals surface area contributed by atoms with Crippen LogP contribution in [0.15, 0.2) is 30.3 Å². The predicted octanol–water partition coefficient (Wildman–Crippen LogP) is 3.23. The summed E-state index contributed by atoms with van der Waals surface area (Å²) in [5.41, 5.74) is 2.23. The van der Waals surface area contributed by atoms with E-state index in [2.05, 4.69) is 53.6 Å². The first-order valence-corrected chi connectivity index (χ1v) is 13.6. The summed E-state index contributed by atoms with van der Waals surface area (Å²) >= 11 is 2.07. The van der Waals surface area contributed by atoms with E-state index in [1.165, 1.54) is 13.2 Å². The molecule has 12 heteroatoms. The fourth-order valence-corrected chi connectivity index (χ4v) is 4.64. The van der Waals surface area contributed by atoms with Gasteiger partial charge in [0.05, 0.1) is 18.1 Å². The summed E-state index contributed by atoms with van der Waals surface area (Å²) in [6.45, 7) is 2.64. The Labute approximate surface area is 227 Å². The zero-order chi connectivity index (χ0) is 26.4. The van der Waals surface area contributed by atoms with Crippen LogP contribution in [-0.4, -0.2) is 54.6 Å². The molecule has 0 bridgehead atoms. The number of pyridine rings is 1. The van der Waals surface area contributed by atoms with Crippen molar-refractivity contribution in [2.75, 3.05) is 11.5 Å². The number of methoxy groups -OCH3 is 1. The zero-order valence-electron chi connectivity index (χ0n) is 20.7. The van der Waals surface area contributed by atoms with Gasteiger partial charge in [0.2, 0.25) is 11.7 Å². The van der Waals surface area contributed by atoms with Crippen molar-refractivity contribution >= 4 is 34.4 Å². The SMILES string of the molecule is COc1cc(CNC(=O)c2cc(-c3nnn(CC4CCC(NC(=O)CI)CC4)n3)cc(C)n2)ccc1F. The molecule has 37 heavy (non-hydrogen) atoms. The highest BCUT2D eigenvalue weighted by Crippen LogP contribution is 2.26. The summed E-state index contributed by atoms with van der Waals surface area (Å²) in [6, 6.07) is 8.11. The molecule has 2 heterocycles. The lowest BCUT2D eigenvalue weighted by Gasteiger charge is -2.28. The number of rotatable bonds is 9. The molecule has 4 rings (SSSR count). The van der Waals surface area contributed by atoms with Crippen LogP contribution >= 0.6 is 22.6 Å². The highest BCUT2D eigenvalue weighted by Gasteiger charge is 2.23. The fourth-order valence-electron chi connectivity index (χ4n) is 4.42. The molecule has 0 unspecified atom stereocenters. The van der Waals surface area contributed by atoms with Gasteiger partial charge in [0.25, 0.3) is 5.91 Å². The first-order valence-electron chi connectivity index (χ1n) is 12.1. The Morgan fingerprint density at radius 2 is 1.97 bits per heavy atom. The Balaban J connectivity index is 1.36. The maximum absolute atomic E-state index is 13.6. The van der Waals surface area contributed by atoms with Gasteiger partial charge in [-0.15, -0.1) is 10.2 Å². The average molecular weight is 621 g/mol. The fraction of sp³-hybridized carbons (Fsp3) is 0.440. The number of carbonyl (C=O) groups excluding carboxylic acids is 2. The average Bonchev–Trinajstić information content (AvgIpc) is 3.37. The molecule has 3 aromatic rings. The van der Waals surface area contributed by atoms with Gasteiger partial charge >= 0.3 is 0 Å². The number of benzene rings is 1. The molecule has 1 aromatic carbocycles. The third-order valence-electron chi connectivity index (χ3n) is 6.32. The number of amides is 2. The number of nitrogens with zero attached hydrogens (tertiary/aromatic N) is 5. The second-order valence-electron chi connectivity index (χ2n) is 9.12. The molecule has 10 nitrogen and oxygen atoms in total. The minimum Gasteiger partial charge on any atom is -0.494 e. The lowest BCUT2D eigenvalue weighted by molar-refractivity contribution is -0.119. The minimum absolute atomic E-state index is 0.0861. The molecule has 1 fully saturated rings. The number of carbonyl (C=O) groups is 2. The van der Waals surface area contributed by atoms with E-state index < -0.39 is 5.82 Å². The third kappa shape index (κ3) is 7.21. The summed E-state index contributed by atoms with van der Waals surface area (Å²) in [6.07, 6.45) is 3.87. The number of hydrogen-bond acceptors (Lipinski definition) is 7. The first-order chi connectivity index (χ1) is 17.8. The van der Waals surface area contributed by atoms with Crippen LogP contribution in [0.25, 0.3) is 11.4 Å². The molecule has 1 saturated carbocycles. The van der Waals surface area contributed by atoms with Gasteiger partial charge in [0, 0.05) is 23.8 Å². The van der Waals surface area contributed by atoms with Crippen LogP contribution < -0.4 is 15.4 Å². The van der Waals surface area contributed by atoms with Gasteiger partial charge in [-0.1, -0.05) is 28.7 Å². The Hall–Kier alpha value is -3.16. The van der Waals surface area contributed by atoms with Crippen molar-refractivity contribution in [3.05, 3.63) is 53.1 Å². The summed E-state index contributed by atoms with van der Waals surface area (Å²) in [5.74, 6) is 0.213. The number of tetrazole rings is 1. The smallest absolute Gasteiger partial charge is 0.270 e. The van der Waals surface area contributed by atoms with Gasteiger partial charge in [-0.3, -0.25) is 9.59 Å². The van der Waals surface area contributed by atoms with Crippen molar-refractivity contribution in [3.8, 4) is 17.1 Å². The largest absolute Gasteiger partial charge is 0.494 e. The van der Waals surface area contributed by atoms with Crippen molar-refractivity contribution < 1.29 is 18.7 Å². The Bertz CT molecular complexity index is 1260. The predicted molar refractivity (Wildman–Crippen MR) is 143 cm³/mol. The van der Waals surface area contributed by atoms with Gasteiger partial charge in [-0.05, 0) is 73.6 Å². The Morgan fingerprint density at radius 1 is 1.19 bits per heavy atom. The molecular weight excluding hydrogens is 592 g/mol. The molecule has 1 aliphatic carbocycles. The lowest BCUT2D eigenvalue weighted by Crippen LogP contribution is -2.38. The highest BCUT2D eigenvalue weighted by molar-refractivity contribution is 14.1. The van der Waals surface area contributed by atoms with Crippen LogP contribution in [0.5, 0.6) is 5.75 Å². The van der Waals surface area contributed by atoms with Crippen molar-refractivity contribution in [3.63, 3.8) is 0 Å². The van der Waals surface area contributed by atoms with Gasteiger partial charge in [0.15, 0.2) is 11.6 Å². The molecule has 0 spiro atoms. The summed E-state index contributed by atoms with van der Waals surface area (Å²) in [4.78, 5) is 30.3. The van der Waals surface area contributed by atoms with E-state index in [1.807, 2.05) is 6.07 Å². The summed E-state index contributed by atoms with van der Waals surface area (Å²) in [7, 11) is 1.39. The number of aromatic nitrogens is 5. The topological polar surface area (TPSA) is 124 Å². The molecule has 196 valence electrons. The van der Waals surface area contributed by atoms with Crippen molar-refractivity contribution in [2.45, 2.75) is 51.7 Å². The van der Waals surface area contributed by atoms with Crippen molar-refractivity contribution in [1.29, 1.82) is 0 Å². The summed E-state index contributed by atoms with van der Waals surface area (Å²) < 4.78 is 19.1. The van der Waals surface area contributed by atoms with Crippen LogP contribution in [-0.2, 0) is 17.9 Å². The molecule has 2 amide bonds. The molecule has 1 aliphatic rings. The molecular formula is C25H29FIN7O3. The van der Waals surface area contributed by atoms with E-state index in [1.54, 1.807) is 29.9 Å². The maximum atomic E-state index is 13.6. The molecule has 0 aliphatic heterocycles. The second kappa shape index (κ2) is 12.4. The van der Waals surface area contributed by atoms with Gasteiger partial charge in [-0.25, -0.2) is 9.37 Å². The Kier molecular flexibility index (Phi) is 9.00. The molecule has 2 N–H and O–H groups in total. The molecule has 0 atom stereocenters. The number of alkyl halides is 1. The zero-order valence-corrected chi connectivity index (χ0v) is 22.9. The maximum Gasteiger partial charge on any atom is 0.270 e. The lowest BCUT2D eigenvalue weighted by atomic mass is 9.86. The number of hydrogen-bond donors (Lipinski definition) is 2. The van der Waals surface area contributed by atoms with Crippen LogP contribution in [0.2, 0.25) is 0 Å². The molecule has 0 saturated heterocycles. The first kappa shape index (κ1) is 26.9. The quantitative estimate of drug-likeness (QED) is 0.278. The normalized spacial score (nSPS) is 17.3. The van der Waals surface area contributed by atoms with Gasteiger partial charge in [-0.2, -0.15) is 4.80 Å². The number of halogens is 2. The van der Waals surface area contributed by atoms with Crippen LogP contribution in [0.3, 0.4) is 0 Å². The van der Waals surface area contributed by atoms with Gasteiger partial charge in [0.1, 0.15) is 5.69 Å². The van der Waals surface area contributed by atoms with Crippen LogP contribution in [0.1, 0.15) is 47.4 Å². The summed E-state index contributed by atoms with van der Waals surface area (Å²) in [5, 5.41) is 18.8. The van der Waals surface area contributed by atoms with Gasteiger partial charge < -0.3 is 15.4 Å². The monoisotopic (exact) mass is 621 g/mol.